The van der Waals surface area contributed by atoms with Gasteiger partial charge in [0.05, 0.1) is 7.11 Å². The molecule has 0 saturated carbocycles. The SMILES string of the molecule is CCCCCCC(=O)N(CCc1c[nH]c2ccccc12)Cc1ccc(OC)cc1. The maximum atomic E-state index is 13.0. The van der Waals surface area contributed by atoms with Gasteiger partial charge in [-0.25, -0.2) is 0 Å². The number of carbonyl (C=O) groups excluding carboxylic acids is 1. The van der Waals surface area contributed by atoms with Gasteiger partial charge >= 0.3 is 0 Å². The molecule has 154 valence electrons. The number of hydrogen-bond donors (Lipinski definition) is 1. The molecule has 1 aromatic heterocycles. The summed E-state index contributed by atoms with van der Waals surface area (Å²) in [7, 11) is 1.67. The summed E-state index contributed by atoms with van der Waals surface area (Å²) in [4.78, 5) is 18.3. The lowest BCUT2D eigenvalue weighted by atomic mass is 10.1. The molecule has 0 spiro atoms. The standard InChI is InChI=1S/C25H32N2O2/c1-3-4-5-6-11-25(28)27(19-20-12-14-22(29-2)15-13-20)17-16-21-18-26-24-10-8-7-9-23(21)24/h7-10,12-15,18,26H,3-6,11,16-17,19H2,1-2H3. The van der Waals surface area contributed by atoms with E-state index in [-0.39, 0.29) is 5.91 Å². The average Bonchev–Trinajstić information content (AvgIpc) is 3.17. The first kappa shape index (κ1) is 21.0. The number of para-hydroxylation sites is 1. The van der Waals surface area contributed by atoms with Crippen LogP contribution in [0.4, 0.5) is 0 Å². The van der Waals surface area contributed by atoms with Crippen LogP contribution in [-0.2, 0) is 17.8 Å². The summed E-state index contributed by atoms with van der Waals surface area (Å²) < 4.78 is 5.25. The molecule has 0 fully saturated rings. The maximum absolute atomic E-state index is 13.0. The summed E-state index contributed by atoms with van der Waals surface area (Å²) in [6.07, 6.45) is 8.03. The molecule has 0 atom stereocenters. The third-order valence-electron chi connectivity index (χ3n) is 5.46. The van der Waals surface area contributed by atoms with E-state index in [0.29, 0.717) is 13.0 Å². The Labute approximate surface area is 173 Å². The number of amides is 1. The highest BCUT2D eigenvalue weighted by atomic mass is 16.5. The number of methoxy groups -OCH3 is 1. The number of H-pyrrole nitrogens is 1. The van der Waals surface area contributed by atoms with Gasteiger partial charge in [0.25, 0.3) is 0 Å². The van der Waals surface area contributed by atoms with Crippen LogP contribution < -0.4 is 4.74 Å². The van der Waals surface area contributed by atoms with Crippen LogP contribution >= 0.6 is 0 Å². The number of nitrogens with one attached hydrogen (secondary N) is 1. The minimum absolute atomic E-state index is 0.247. The second-order valence-electron chi connectivity index (χ2n) is 7.58. The van der Waals surface area contributed by atoms with E-state index in [1.165, 1.54) is 23.8 Å². The Morgan fingerprint density at radius 1 is 1.03 bits per heavy atom. The maximum Gasteiger partial charge on any atom is 0.222 e. The second-order valence-corrected chi connectivity index (χ2v) is 7.58. The largest absolute Gasteiger partial charge is 0.497 e. The van der Waals surface area contributed by atoms with Gasteiger partial charge in [0.15, 0.2) is 0 Å². The number of unbranched alkanes of at least 4 members (excludes halogenated alkanes) is 3. The Bertz CT molecular complexity index is 899. The molecule has 3 rings (SSSR count). The molecular weight excluding hydrogens is 360 g/mol. The first-order valence-corrected chi connectivity index (χ1v) is 10.7. The summed E-state index contributed by atoms with van der Waals surface area (Å²) >= 11 is 0. The van der Waals surface area contributed by atoms with E-state index >= 15 is 0 Å². The monoisotopic (exact) mass is 392 g/mol. The molecule has 0 radical (unpaired) electrons. The van der Waals surface area contributed by atoms with Gasteiger partial charge in [-0.3, -0.25) is 4.79 Å². The van der Waals surface area contributed by atoms with Crippen LogP contribution in [0.1, 0.15) is 50.2 Å². The summed E-state index contributed by atoms with van der Waals surface area (Å²) in [5, 5.41) is 1.24. The molecule has 4 heteroatoms. The molecule has 1 N–H and O–H groups in total. The van der Waals surface area contributed by atoms with Crippen molar-refractivity contribution < 1.29 is 9.53 Å². The van der Waals surface area contributed by atoms with E-state index < -0.39 is 0 Å². The van der Waals surface area contributed by atoms with Crippen molar-refractivity contribution in [3.05, 3.63) is 65.9 Å². The molecule has 0 aliphatic heterocycles. The number of nitrogens with zero attached hydrogens (tertiary/aromatic N) is 1. The third-order valence-corrected chi connectivity index (χ3v) is 5.46. The lowest BCUT2D eigenvalue weighted by Crippen LogP contribution is -2.32. The molecule has 0 aliphatic rings. The smallest absolute Gasteiger partial charge is 0.222 e. The van der Waals surface area contributed by atoms with E-state index in [1.54, 1.807) is 7.11 Å². The Morgan fingerprint density at radius 3 is 2.59 bits per heavy atom. The van der Waals surface area contributed by atoms with Crippen molar-refractivity contribution in [1.82, 2.24) is 9.88 Å². The van der Waals surface area contributed by atoms with E-state index in [0.717, 1.165) is 42.6 Å². The Hall–Kier alpha value is -2.75. The summed E-state index contributed by atoms with van der Waals surface area (Å²) in [5.41, 5.74) is 3.54. The third kappa shape index (κ3) is 5.86. The van der Waals surface area contributed by atoms with Gasteiger partial charge in [-0.05, 0) is 42.2 Å². The first-order chi connectivity index (χ1) is 14.2. The van der Waals surface area contributed by atoms with Gasteiger partial charge < -0.3 is 14.6 Å². The predicted octanol–water partition coefficient (Wildman–Crippen LogP) is 5.72. The van der Waals surface area contributed by atoms with Crippen molar-refractivity contribution in [1.29, 1.82) is 0 Å². The summed E-state index contributed by atoms with van der Waals surface area (Å²) in [6, 6.07) is 16.3. The van der Waals surface area contributed by atoms with Gasteiger partial charge in [-0.15, -0.1) is 0 Å². The zero-order valence-electron chi connectivity index (χ0n) is 17.6. The number of aromatic amines is 1. The van der Waals surface area contributed by atoms with Crippen molar-refractivity contribution in [3.63, 3.8) is 0 Å². The van der Waals surface area contributed by atoms with Gasteiger partial charge in [0, 0.05) is 36.6 Å². The van der Waals surface area contributed by atoms with Crippen molar-refractivity contribution in [2.75, 3.05) is 13.7 Å². The molecule has 2 aromatic carbocycles. The Kier molecular flexibility index (Phi) is 7.74. The molecule has 1 heterocycles. The molecule has 0 saturated heterocycles. The predicted molar refractivity (Wildman–Crippen MR) is 119 cm³/mol. The van der Waals surface area contributed by atoms with E-state index in [2.05, 4.69) is 36.3 Å². The van der Waals surface area contributed by atoms with Crippen LogP contribution in [0.3, 0.4) is 0 Å². The molecule has 0 aliphatic carbocycles. The second kappa shape index (κ2) is 10.7. The van der Waals surface area contributed by atoms with Crippen molar-refractivity contribution in [2.24, 2.45) is 0 Å². The van der Waals surface area contributed by atoms with E-state index in [4.69, 9.17) is 4.74 Å². The molecule has 1 amide bonds. The highest BCUT2D eigenvalue weighted by Crippen LogP contribution is 2.20. The van der Waals surface area contributed by atoms with Crippen LogP contribution in [0.25, 0.3) is 10.9 Å². The lowest BCUT2D eigenvalue weighted by molar-refractivity contribution is -0.131. The summed E-state index contributed by atoms with van der Waals surface area (Å²) in [5.74, 6) is 1.08. The quantitative estimate of drug-likeness (QED) is 0.424. The van der Waals surface area contributed by atoms with Crippen LogP contribution in [-0.4, -0.2) is 29.4 Å². The fraction of sp³-hybridized carbons (Fsp3) is 0.400. The number of aromatic nitrogens is 1. The van der Waals surface area contributed by atoms with Gasteiger partial charge in [0.2, 0.25) is 5.91 Å². The number of ether oxygens (including phenoxy) is 1. The fourth-order valence-electron chi connectivity index (χ4n) is 3.70. The minimum Gasteiger partial charge on any atom is -0.497 e. The van der Waals surface area contributed by atoms with Crippen LogP contribution in [0.15, 0.2) is 54.7 Å². The lowest BCUT2D eigenvalue weighted by Gasteiger charge is -2.23. The van der Waals surface area contributed by atoms with Crippen molar-refractivity contribution >= 4 is 16.8 Å². The molecule has 0 bridgehead atoms. The number of carbonyl (C=O) groups is 1. The number of hydrogen-bond acceptors (Lipinski definition) is 2. The summed E-state index contributed by atoms with van der Waals surface area (Å²) in [6.45, 7) is 3.55. The minimum atomic E-state index is 0.247. The Morgan fingerprint density at radius 2 is 1.83 bits per heavy atom. The van der Waals surface area contributed by atoms with E-state index in [1.807, 2.05) is 35.2 Å². The topological polar surface area (TPSA) is 45.3 Å². The van der Waals surface area contributed by atoms with Gasteiger partial charge in [0.1, 0.15) is 5.75 Å². The molecule has 4 nitrogen and oxygen atoms in total. The zero-order valence-corrected chi connectivity index (χ0v) is 17.6. The highest BCUT2D eigenvalue weighted by molar-refractivity contribution is 5.83. The number of benzene rings is 2. The zero-order chi connectivity index (χ0) is 20.5. The van der Waals surface area contributed by atoms with Crippen LogP contribution in [0.5, 0.6) is 5.75 Å². The molecule has 3 aromatic rings. The highest BCUT2D eigenvalue weighted by Gasteiger charge is 2.15. The average molecular weight is 393 g/mol. The first-order valence-electron chi connectivity index (χ1n) is 10.7. The Balaban J connectivity index is 1.67. The number of rotatable bonds is 11. The van der Waals surface area contributed by atoms with Crippen molar-refractivity contribution in [3.8, 4) is 5.75 Å². The van der Waals surface area contributed by atoms with Gasteiger partial charge in [-0.2, -0.15) is 0 Å². The van der Waals surface area contributed by atoms with E-state index in [9.17, 15) is 4.79 Å². The molecule has 0 unspecified atom stereocenters. The molecular formula is C25H32N2O2. The molecule has 29 heavy (non-hydrogen) atoms. The van der Waals surface area contributed by atoms with Crippen LogP contribution in [0, 0.1) is 0 Å². The van der Waals surface area contributed by atoms with Crippen LogP contribution in [0.2, 0.25) is 0 Å². The normalized spacial score (nSPS) is 11.0. The fourth-order valence-corrected chi connectivity index (χ4v) is 3.70. The number of fused-ring (bicyclic) bond motifs is 1. The van der Waals surface area contributed by atoms with Gasteiger partial charge in [-0.1, -0.05) is 56.5 Å². The van der Waals surface area contributed by atoms with Crippen molar-refractivity contribution in [2.45, 2.75) is 52.0 Å².